The van der Waals surface area contributed by atoms with Gasteiger partial charge in [-0.2, -0.15) is 0 Å². The fraction of sp³-hybridized carbons (Fsp3) is 0.462. The van der Waals surface area contributed by atoms with Crippen LogP contribution in [-0.4, -0.2) is 37.2 Å². The zero-order valence-corrected chi connectivity index (χ0v) is 10.5. The number of nitrogens with one attached hydrogen (secondary N) is 1. The van der Waals surface area contributed by atoms with E-state index in [0.717, 1.165) is 16.9 Å². The number of carbonyl (C=O) groups excluding carboxylic acids is 1. The zero-order chi connectivity index (χ0) is 12.8. The quantitative estimate of drug-likeness (QED) is 0.769. The molecule has 1 aromatic carbocycles. The average molecular weight is 237 g/mol. The van der Waals surface area contributed by atoms with Gasteiger partial charge in [0.15, 0.2) is 5.78 Å². The molecule has 4 heteroatoms. The Hall–Kier alpha value is -1.39. The maximum Gasteiger partial charge on any atom is 0.189 e. The van der Waals surface area contributed by atoms with Gasteiger partial charge >= 0.3 is 0 Å². The predicted molar refractivity (Wildman–Crippen MR) is 66.4 cm³/mol. The Morgan fingerprint density at radius 2 is 2.00 bits per heavy atom. The second-order valence-corrected chi connectivity index (χ2v) is 4.00. The van der Waals surface area contributed by atoms with Crippen LogP contribution in [0.1, 0.15) is 11.1 Å². The summed E-state index contributed by atoms with van der Waals surface area (Å²) in [6.45, 7) is 3.63. The highest BCUT2D eigenvalue weighted by Gasteiger charge is 2.16. The summed E-state index contributed by atoms with van der Waals surface area (Å²) < 4.78 is 5.51. The summed E-state index contributed by atoms with van der Waals surface area (Å²) in [7, 11) is 1.64. The Bertz CT molecular complexity index is 366. The molecule has 0 heterocycles. The van der Waals surface area contributed by atoms with E-state index < -0.39 is 6.04 Å². The molecule has 0 fully saturated rings. The van der Waals surface area contributed by atoms with Gasteiger partial charge in [0, 0.05) is 0 Å². The number of benzene rings is 1. The average Bonchev–Trinajstić information content (AvgIpc) is 2.30. The third-order valence-electron chi connectivity index (χ3n) is 2.69. The lowest BCUT2D eigenvalue weighted by molar-refractivity contribution is -0.123. The van der Waals surface area contributed by atoms with Crippen LogP contribution in [0.5, 0.6) is 5.75 Å². The monoisotopic (exact) mass is 237 g/mol. The number of ether oxygens (including phenoxy) is 1. The van der Waals surface area contributed by atoms with Crippen molar-refractivity contribution in [1.82, 2.24) is 5.32 Å². The number of carbonyl (C=O) groups is 1. The van der Waals surface area contributed by atoms with E-state index in [-0.39, 0.29) is 19.0 Å². The summed E-state index contributed by atoms with van der Waals surface area (Å²) in [4.78, 5) is 11.7. The smallest absolute Gasteiger partial charge is 0.189 e. The second-order valence-electron chi connectivity index (χ2n) is 4.00. The van der Waals surface area contributed by atoms with Gasteiger partial charge in [0.05, 0.1) is 12.6 Å². The summed E-state index contributed by atoms with van der Waals surface area (Å²) in [5.74, 6) is 0.589. The van der Waals surface area contributed by atoms with Gasteiger partial charge in [-0.05, 0) is 32.0 Å². The molecule has 0 aromatic heterocycles. The van der Waals surface area contributed by atoms with Gasteiger partial charge in [-0.3, -0.25) is 4.79 Å². The van der Waals surface area contributed by atoms with Crippen molar-refractivity contribution in [2.45, 2.75) is 19.9 Å². The first-order chi connectivity index (χ1) is 8.10. The molecule has 4 nitrogen and oxygen atoms in total. The van der Waals surface area contributed by atoms with Gasteiger partial charge in [-0.1, -0.05) is 18.2 Å². The van der Waals surface area contributed by atoms with E-state index in [4.69, 9.17) is 9.84 Å². The van der Waals surface area contributed by atoms with Crippen molar-refractivity contribution in [3.8, 4) is 5.75 Å². The molecular weight excluding hydrogens is 218 g/mol. The minimum Gasteiger partial charge on any atom is -0.485 e. The van der Waals surface area contributed by atoms with Crippen LogP contribution in [0.2, 0.25) is 0 Å². The number of Topliss-reactive ketones (excluding diaryl/α,β-unsaturated/α-hetero) is 1. The maximum atomic E-state index is 11.7. The number of ketones is 1. The molecule has 0 aliphatic heterocycles. The van der Waals surface area contributed by atoms with Crippen molar-refractivity contribution in [3.05, 3.63) is 29.3 Å². The highest BCUT2D eigenvalue weighted by Crippen LogP contribution is 2.22. The first kappa shape index (κ1) is 13.7. The molecule has 0 amide bonds. The van der Waals surface area contributed by atoms with Gasteiger partial charge in [-0.15, -0.1) is 0 Å². The lowest BCUT2D eigenvalue weighted by Gasteiger charge is -2.15. The molecule has 1 atom stereocenters. The third kappa shape index (κ3) is 3.54. The van der Waals surface area contributed by atoms with Gasteiger partial charge in [-0.25, -0.2) is 0 Å². The lowest BCUT2D eigenvalue weighted by Crippen LogP contribution is -2.40. The van der Waals surface area contributed by atoms with E-state index in [1.165, 1.54) is 0 Å². The molecule has 94 valence electrons. The van der Waals surface area contributed by atoms with Gasteiger partial charge in [0.25, 0.3) is 0 Å². The first-order valence-electron chi connectivity index (χ1n) is 5.60. The van der Waals surface area contributed by atoms with E-state index in [9.17, 15) is 4.79 Å². The standard InChI is InChI=1S/C13H19NO3/c1-9-5-4-6-10(2)13(9)17-8-12(16)11(7-15)14-3/h4-6,11,14-15H,7-8H2,1-3H3. The minimum absolute atomic E-state index is 0.0300. The SMILES string of the molecule is CNC(CO)C(=O)COc1c(C)cccc1C. The molecule has 0 aliphatic carbocycles. The van der Waals surface area contributed by atoms with Gasteiger partial charge in [0.1, 0.15) is 12.4 Å². The van der Waals surface area contributed by atoms with E-state index in [1.54, 1.807) is 7.05 Å². The van der Waals surface area contributed by atoms with E-state index >= 15 is 0 Å². The van der Waals surface area contributed by atoms with Crippen molar-refractivity contribution >= 4 is 5.78 Å². The zero-order valence-electron chi connectivity index (χ0n) is 10.5. The second kappa shape index (κ2) is 6.37. The number of hydrogen-bond donors (Lipinski definition) is 2. The van der Waals surface area contributed by atoms with Crippen LogP contribution in [0.25, 0.3) is 0 Å². The molecular formula is C13H19NO3. The number of rotatable bonds is 6. The molecule has 0 bridgehead atoms. The molecule has 1 rings (SSSR count). The Morgan fingerprint density at radius 1 is 1.41 bits per heavy atom. The number of para-hydroxylation sites is 1. The molecule has 1 unspecified atom stereocenters. The Kier molecular flexibility index (Phi) is 5.12. The lowest BCUT2D eigenvalue weighted by atomic mass is 10.1. The summed E-state index contributed by atoms with van der Waals surface area (Å²) in [6.07, 6.45) is 0. The molecule has 17 heavy (non-hydrogen) atoms. The number of aryl methyl sites for hydroxylation is 2. The number of likely N-dealkylation sites (N-methyl/N-ethyl adjacent to an activating group) is 1. The Morgan fingerprint density at radius 3 is 2.47 bits per heavy atom. The van der Waals surface area contributed by atoms with Crippen molar-refractivity contribution < 1.29 is 14.6 Å². The van der Waals surface area contributed by atoms with Crippen molar-refractivity contribution in [1.29, 1.82) is 0 Å². The minimum atomic E-state index is -0.556. The third-order valence-corrected chi connectivity index (χ3v) is 2.69. The predicted octanol–water partition coefficient (Wildman–Crippen LogP) is 0.832. The largest absolute Gasteiger partial charge is 0.485 e. The normalized spacial score (nSPS) is 12.2. The van der Waals surface area contributed by atoms with Gasteiger partial charge < -0.3 is 15.2 Å². The highest BCUT2D eigenvalue weighted by molar-refractivity contribution is 5.85. The van der Waals surface area contributed by atoms with Crippen molar-refractivity contribution in [3.63, 3.8) is 0 Å². The van der Waals surface area contributed by atoms with E-state index in [0.29, 0.717) is 0 Å². The summed E-state index contributed by atoms with van der Waals surface area (Å²) in [6, 6.07) is 5.27. The van der Waals surface area contributed by atoms with E-state index in [2.05, 4.69) is 5.32 Å². The summed E-state index contributed by atoms with van der Waals surface area (Å²) in [5.41, 5.74) is 2.01. The van der Waals surface area contributed by atoms with E-state index in [1.807, 2.05) is 32.0 Å². The van der Waals surface area contributed by atoms with Crippen LogP contribution in [0.15, 0.2) is 18.2 Å². The molecule has 0 radical (unpaired) electrons. The topological polar surface area (TPSA) is 58.6 Å². The summed E-state index contributed by atoms with van der Waals surface area (Å²) in [5, 5.41) is 11.7. The Labute approximate surface area is 102 Å². The van der Waals surface area contributed by atoms with Crippen LogP contribution in [0.3, 0.4) is 0 Å². The summed E-state index contributed by atoms with van der Waals surface area (Å²) >= 11 is 0. The van der Waals surface area contributed by atoms with Crippen LogP contribution in [0.4, 0.5) is 0 Å². The molecule has 2 N–H and O–H groups in total. The fourth-order valence-corrected chi connectivity index (χ4v) is 1.62. The molecule has 1 aromatic rings. The first-order valence-corrected chi connectivity index (χ1v) is 5.60. The molecule has 0 aliphatic rings. The van der Waals surface area contributed by atoms with Crippen LogP contribution < -0.4 is 10.1 Å². The molecule has 0 saturated heterocycles. The number of aliphatic hydroxyl groups excluding tert-OH is 1. The van der Waals surface area contributed by atoms with Gasteiger partial charge in [0.2, 0.25) is 0 Å². The van der Waals surface area contributed by atoms with Crippen LogP contribution in [0, 0.1) is 13.8 Å². The fourth-order valence-electron chi connectivity index (χ4n) is 1.62. The van der Waals surface area contributed by atoms with Crippen LogP contribution in [-0.2, 0) is 4.79 Å². The molecule has 0 saturated carbocycles. The maximum absolute atomic E-state index is 11.7. The highest BCUT2D eigenvalue weighted by atomic mass is 16.5. The number of aliphatic hydroxyl groups is 1. The van der Waals surface area contributed by atoms with Crippen molar-refractivity contribution in [2.24, 2.45) is 0 Å². The number of hydrogen-bond acceptors (Lipinski definition) is 4. The Balaban J connectivity index is 2.64. The molecule has 0 spiro atoms. The van der Waals surface area contributed by atoms with Crippen LogP contribution >= 0.6 is 0 Å². The van der Waals surface area contributed by atoms with Crippen molar-refractivity contribution in [2.75, 3.05) is 20.3 Å².